The largest absolute Gasteiger partial charge is 0.384 e. The second-order valence-electron chi connectivity index (χ2n) is 3.73. The van der Waals surface area contributed by atoms with Crippen molar-refractivity contribution < 1.29 is 5.11 Å². The summed E-state index contributed by atoms with van der Waals surface area (Å²) in [4.78, 5) is 0. The summed E-state index contributed by atoms with van der Waals surface area (Å²) in [5, 5.41) is 11.8. The number of halogens is 4. The summed E-state index contributed by atoms with van der Waals surface area (Å²) in [5.74, 6) is 0. The Morgan fingerprint density at radius 2 is 1.44 bits per heavy atom. The highest BCUT2D eigenvalue weighted by Crippen LogP contribution is 2.35. The normalized spacial score (nSPS) is 12.5. The molecular weight excluding hydrogens is 358 g/mol. The molecular formula is C13H8BrCl3O. The Hall–Kier alpha value is -0.250. The zero-order valence-corrected chi connectivity index (χ0v) is 12.9. The predicted molar refractivity (Wildman–Crippen MR) is 79.7 cm³/mol. The molecule has 2 rings (SSSR count). The highest BCUT2D eigenvalue weighted by Gasteiger charge is 2.17. The maximum absolute atomic E-state index is 10.4. The maximum Gasteiger partial charge on any atom is 0.107 e. The van der Waals surface area contributed by atoms with Crippen molar-refractivity contribution in [3.05, 3.63) is 67.1 Å². The predicted octanol–water partition coefficient (Wildman–Crippen LogP) is 5.49. The smallest absolute Gasteiger partial charge is 0.107 e. The van der Waals surface area contributed by atoms with Crippen LogP contribution in [-0.2, 0) is 0 Å². The molecule has 0 saturated carbocycles. The van der Waals surface area contributed by atoms with Gasteiger partial charge in [-0.25, -0.2) is 0 Å². The van der Waals surface area contributed by atoms with Gasteiger partial charge in [-0.15, -0.1) is 0 Å². The molecule has 0 aliphatic carbocycles. The number of hydrogen-bond acceptors (Lipinski definition) is 1. The third-order valence-electron chi connectivity index (χ3n) is 2.51. The average Bonchev–Trinajstić information content (AvgIpc) is 2.34. The van der Waals surface area contributed by atoms with Crippen molar-refractivity contribution in [1.82, 2.24) is 0 Å². The Morgan fingerprint density at radius 1 is 0.889 bits per heavy atom. The molecule has 0 radical (unpaired) electrons. The van der Waals surface area contributed by atoms with Gasteiger partial charge >= 0.3 is 0 Å². The molecule has 0 bridgehead atoms. The van der Waals surface area contributed by atoms with Crippen molar-refractivity contribution >= 4 is 50.7 Å². The summed E-state index contributed by atoms with van der Waals surface area (Å²) in [6.45, 7) is 0. The van der Waals surface area contributed by atoms with Crippen molar-refractivity contribution in [1.29, 1.82) is 0 Å². The minimum absolute atomic E-state index is 0.447. The fraction of sp³-hybridized carbons (Fsp3) is 0.0769. The van der Waals surface area contributed by atoms with E-state index in [9.17, 15) is 5.11 Å². The van der Waals surface area contributed by atoms with Crippen molar-refractivity contribution in [3.8, 4) is 0 Å². The van der Waals surface area contributed by atoms with Gasteiger partial charge in [0, 0.05) is 30.7 Å². The lowest BCUT2D eigenvalue weighted by Gasteiger charge is -2.15. The van der Waals surface area contributed by atoms with Gasteiger partial charge in [-0.3, -0.25) is 0 Å². The van der Waals surface area contributed by atoms with E-state index in [0.717, 1.165) is 4.47 Å². The van der Waals surface area contributed by atoms with E-state index in [1.54, 1.807) is 36.4 Å². The topological polar surface area (TPSA) is 20.2 Å². The molecule has 0 amide bonds. The second-order valence-corrected chi connectivity index (χ2v) is 5.90. The summed E-state index contributed by atoms with van der Waals surface area (Å²) < 4.78 is 0.833. The molecule has 1 N–H and O–H groups in total. The van der Waals surface area contributed by atoms with Crippen LogP contribution in [0.25, 0.3) is 0 Å². The van der Waals surface area contributed by atoms with Crippen LogP contribution < -0.4 is 0 Å². The minimum atomic E-state index is -0.916. The molecule has 0 heterocycles. The van der Waals surface area contributed by atoms with Gasteiger partial charge in [0.25, 0.3) is 0 Å². The number of aliphatic hydroxyl groups excluding tert-OH is 1. The molecule has 0 fully saturated rings. The number of rotatable bonds is 2. The van der Waals surface area contributed by atoms with Crippen LogP contribution >= 0.6 is 50.7 Å². The Balaban J connectivity index is 2.50. The minimum Gasteiger partial charge on any atom is -0.384 e. The van der Waals surface area contributed by atoms with Gasteiger partial charge in [-0.2, -0.15) is 0 Å². The highest BCUT2D eigenvalue weighted by atomic mass is 79.9. The Morgan fingerprint density at radius 3 is 2.11 bits per heavy atom. The van der Waals surface area contributed by atoms with Gasteiger partial charge in [0.2, 0.25) is 0 Å². The highest BCUT2D eigenvalue weighted by molar-refractivity contribution is 9.10. The van der Waals surface area contributed by atoms with E-state index in [0.29, 0.717) is 26.2 Å². The lowest BCUT2D eigenvalue weighted by Crippen LogP contribution is -2.01. The lowest BCUT2D eigenvalue weighted by atomic mass is 10.0. The van der Waals surface area contributed by atoms with Crippen molar-refractivity contribution in [3.63, 3.8) is 0 Å². The summed E-state index contributed by atoms with van der Waals surface area (Å²) in [6.07, 6.45) is -0.916. The summed E-state index contributed by atoms with van der Waals surface area (Å²) in [6, 6.07) is 10.2. The fourth-order valence-corrected chi connectivity index (χ4v) is 2.62. The Kier molecular flexibility index (Phi) is 4.57. The molecule has 5 heteroatoms. The van der Waals surface area contributed by atoms with E-state index in [1.165, 1.54) is 0 Å². The monoisotopic (exact) mass is 364 g/mol. The van der Waals surface area contributed by atoms with E-state index < -0.39 is 6.10 Å². The van der Waals surface area contributed by atoms with Gasteiger partial charge in [-0.05, 0) is 36.4 Å². The molecule has 0 saturated heterocycles. The van der Waals surface area contributed by atoms with Crippen molar-refractivity contribution in [2.45, 2.75) is 6.10 Å². The van der Waals surface area contributed by atoms with Crippen LogP contribution in [0.3, 0.4) is 0 Å². The lowest BCUT2D eigenvalue weighted by molar-refractivity contribution is 0.220. The first-order valence-electron chi connectivity index (χ1n) is 5.07. The zero-order valence-electron chi connectivity index (χ0n) is 9.00. The molecule has 0 spiro atoms. The first-order valence-corrected chi connectivity index (χ1v) is 6.99. The van der Waals surface area contributed by atoms with Crippen LogP contribution in [0.5, 0.6) is 0 Å². The quantitative estimate of drug-likeness (QED) is 0.745. The first-order chi connectivity index (χ1) is 8.49. The molecule has 0 aliphatic heterocycles. The maximum atomic E-state index is 10.4. The molecule has 2 aromatic rings. The van der Waals surface area contributed by atoms with Gasteiger partial charge in [-0.1, -0.05) is 50.7 Å². The van der Waals surface area contributed by atoms with Crippen LogP contribution in [0.1, 0.15) is 17.2 Å². The van der Waals surface area contributed by atoms with Crippen LogP contribution in [0, 0.1) is 0 Å². The van der Waals surface area contributed by atoms with E-state index >= 15 is 0 Å². The summed E-state index contributed by atoms with van der Waals surface area (Å²) in [5.41, 5.74) is 1.11. The zero-order chi connectivity index (χ0) is 13.3. The van der Waals surface area contributed by atoms with Crippen LogP contribution in [0.15, 0.2) is 40.9 Å². The number of aliphatic hydroxyl groups is 1. The molecule has 1 nitrogen and oxygen atoms in total. The van der Waals surface area contributed by atoms with Crippen molar-refractivity contribution in [2.24, 2.45) is 0 Å². The van der Waals surface area contributed by atoms with Gasteiger partial charge < -0.3 is 5.11 Å². The number of hydrogen-bond donors (Lipinski definition) is 1. The van der Waals surface area contributed by atoms with E-state index in [4.69, 9.17) is 34.8 Å². The van der Waals surface area contributed by atoms with Crippen LogP contribution in [0.4, 0.5) is 0 Å². The molecule has 0 aliphatic rings. The van der Waals surface area contributed by atoms with Crippen LogP contribution in [0.2, 0.25) is 15.1 Å². The molecule has 2 aromatic carbocycles. The summed E-state index contributed by atoms with van der Waals surface area (Å²) in [7, 11) is 0. The Bertz CT molecular complexity index is 535. The van der Waals surface area contributed by atoms with E-state index in [1.807, 2.05) is 0 Å². The molecule has 0 aromatic heterocycles. The molecule has 1 atom stereocenters. The first kappa shape index (κ1) is 14.2. The molecule has 1 unspecified atom stereocenters. The van der Waals surface area contributed by atoms with Gasteiger partial charge in [0.1, 0.15) is 6.10 Å². The third kappa shape index (κ3) is 3.01. The van der Waals surface area contributed by atoms with Crippen molar-refractivity contribution in [2.75, 3.05) is 0 Å². The molecule has 94 valence electrons. The van der Waals surface area contributed by atoms with Gasteiger partial charge in [0.05, 0.1) is 0 Å². The van der Waals surface area contributed by atoms with E-state index in [-0.39, 0.29) is 0 Å². The fourth-order valence-electron chi connectivity index (χ4n) is 1.62. The van der Waals surface area contributed by atoms with E-state index in [2.05, 4.69) is 15.9 Å². The SMILES string of the molecule is OC(c1cc(Cl)ccc1Cl)c1cc(Br)ccc1Cl. The third-order valence-corrected chi connectivity index (χ3v) is 3.92. The summed E-state index contributed by atoms with van der Waals surface area (Å²) >= 11 is 21.4. The average molecular weight is 366 g/mol. The Labute approximate surface area is 128 Å². The number of benzene rings is 2. The molecule has 18 heavy (non-hydrogen) atoms. The van der Waals surface area contributed by atoms with Gasteiger partial charge in [0.15, 0.2) is 0 Å². The standard InChI is InChI=1S/C13H8BrCl3O/c14-7-1-3-11(16)9(5-7)13(18)10-6-8(15)2-4-12(10)17/h1-6,13,18H. The van der Waals surface area contributed by atoms with Crippen LogP contribution in [-0.4, -0.2) is 5.11 Å². The second kappa shape index (κ2) is 5.81.